The van der Waals surface area contributed by atoms with Crippen molar-refractivity contribution in [2.45, 2.75) is 58.4 Å². The molecule has 1 saturated heterocycles. The summed E-state index contributed by atoms with van der Waals surface area (Å²) in [5.74, 6) is 0.240. The van der Waals surface area contributed by atoms with E-state index in [1.165, 1.54) is 43.1 Å². The van der Waals surface area contributed by atoms with Crippen LogP contribution in [0.25, 0.3) is 10.8 Å². The van der Waals surface area contributed by atoms with Gasteiger partial charge < -0.3 is 4.90 Å². The minimum atomic E-state index is 0.240. The van der Waals surface area contributed by atoms with Gasteiger partial charge in [0.25, 0.3) is 5.91 Å². The first-order valence-corrected chi connectivity index (χ1v) is 9.39. The number of amides is 1. The van der Waals surface area contributed by atoms with Crippen LogP contribution in [0.5, 0.6) is 0 Å². The Morgan fingerprint density at radius 2 is 1.79 bits per heavy atom. The molecule has 1 heterocycles. The highest BCUT2D eigenvalue weighted by Crippen LogP contribution is 2.46. The fourth-order valence-corrected chi connectivity index (χ4v) is 5.05. The molecule has 2 aliphatic rings. The molecule has 4 rings (SSSR count). The van der Waals surface area contributed by atoms with Crippen molar-refractivity contribution in [3.05, 3.63) is 47.5 Å². The van der Waals surface area contributed by atoms with Crippen LogP contribution in [-0.4, -0.2) is 23.4 Å². The van der Waals surface area contributed by atoms with Crippen molar-refractivity contribution in [2.24, 2.45) is 5.41 Å². The Balaban J connectivity index is 1.75. The molecular weight excluding hydrogens is 294 g/mol. The number of hydrogen-bond acceptors (Lipinski definition) is 1. The number of rotatable bonds is 1. The Bertz CT molecular complexity index is 777. The first-order valence-electron chi connectivity index (χ1n) is 9.39. The summed E-state index contributed by atoms with van der Waals surface area (Å²) < 4.78 is 0. The van der Waals surface area contributed by atoms with E-state index in [1.807, 2.05) is 12.1 Å². The number of piperidine rings is 1. The molecule has 0 N–H and O–H groups in total. The molecule has 0 radical (unpaired) electrons. The highest BCUT2D eigenvalue weighted by atomic mass is 16.2. The molecule has 1 aliphatic heterocycles. The second-order valence-corrected chi connectivity index (χ2v) is 7.99. The SMILES string of the molecule is Cc1ccc(C(=O)N2CCCC3(C)CCCCC23)c2ccccc12. The summed E-state index contributed by atoms with van der Waals surface area (Å²) in [7, 11) is 0. The molecular formula is C22H27NO. The average molecular weight is 321 g/mol. The van der Waals surface area contributed by atoms with Crippen LogP contribution < -0.4 is 0 Å². The van der Waals surface area contributed by atoms with E-state index < -0.39 is 0 Å². The van der Waals surface area contributed by atoms with Crippen LogP contribution in [-0.2, 0) is 0 Å². The molecule has 1 saturated carbocycles. The Labute approximate surface area is 144 Å². The number of likely N-dealkylation sites (tertiary alicyclic amines) is 1. The van der Waals surface area contributed by atoms with E-state index in [0.29, 0.717) is 11.5 Å². The van der Waals surface area contributed by atoms with Gasteiger partial charge in [0.2, 0.25) is 0 Å². The van der Waals surface area contributed by atoms with Crippen molar-refractivity contribution in [1.29, 1.82) is 0 Å². The molecule has 2 heteroatoms. The molecule has 2 fully saturated rings. The van der Waals surface area contributed by atoms with Crippen LogP contribution in [0.3, 0.4) is 0 Å². The Morgan fingerprint density at radius 1 is 1.04 bits per heavy atom. The maximum Gasteiger partial charge on any atom is 0.254 e. The maximum atomic E-state index is 13.4. The Kier molecular flexibility index (Phi) is 3.86. The van der Waals surface area contributed by atoms with E-state index in [9.17, 15) is 4.79 Å². The smallest absolute Gasteiger partial charge is 0.254 e. The normalized spacial score (nSPS) is 27.1. The summed E-state index contributed by atoms with van der Waals surface area (Å²) in [6.07, 6.45) is 7.45. The van der Waals surface area contributed by atoms with Gasteiger partial charge in [-0.3, -0.25) is 4.79 Å². The number of hydrogen-bond donors (Lipinski definition) is 0. The third-order valence-electron chi connectivity index (χ3n) is 6.44. The minimum Gasteiger partial charge on any atom is -0.335 e. The largest absolute Gasteiger partial charge is 0.335 e. The minimum absolute atomic E-state index is 0.240. The molecule has 2 aromatic carbocycles. The van der Waals surface area contributed by atoms with Crippen molar-refractivity contribution in [3.8, 4) is 0 Å². The summed E-state index contributed by atoms with van der Waals surface area (Å²) in [5.41, 5.74) is 2.45. The van der Waals surface area contributed by atoms with Crippen molar-refractivity contribution in [1.82, 2.24) is 4.90 Å². The lowest BCUT2D eigenvalue weighted by molar-refractivity contribution is -0.000326. The summed E-state index contributed by atoms with van der Waals surface area (Å²) in [6.45, 7) is 5.44. The fraction of sp³-hybridized carbons (Fsp3) is 0.500. The third-order valence-corrected chi connectivity index (χ3v) is 6.44. The first kappa shape index (κ1) is 15.7. The van der Waals surface area contributed by atoms with Gasteiger partial charge in [-0.25, -0.2) is 0 Å². The zero-order valence-corrected chi connectivity index (χ0v) is 14.8. The van der Waals surface area contributed by atoms with Gasteiger partial charge in [-0.05, 0) is 60.4 Å². The van der Waals surface area contributed by atoms with Crippen LogP contribution >= 0.6 is 0 Å². The van der Waals surface area contributed by atoms with Gasteiger partial charge in [0.15, 0.2) is 0 Å². The van der Waals surface area contributed by atoms with Crippen LogP contribution in [0, 0.1) is 12.3 Å². The third kappa shape index (κ3) is 2.44. The number of aryl methyl sites for hydroxylation is 1. The molecule has 24 heavy (non-hydrogen) atoms. The molecule has 2 nitrogen and oxygen atoms in total. The monoisotopic (exact) mass is 321 g/mol. The zero-order chi connectivity index (χ0) is 16.7. The first-order chi connectivity index (χ1) is 11.6. The molecule has 2 atom stereocenters. The molecule has 1 amide bonds. The molecule has 0 aromatic heterocycles. The predicted molar refractivity (Wildman–Crippen MR) is 99.3 cm³/mol. The number of nitrogens with zero attached hydrogens (tertiary/aromatic N) is 1. The van der Waals surface area contributed by atoms with Crippen LogP contribution in [0.2, 0.25) is 0 Å². The molecule has 0 spiro atoms. The van der Waals surface area contributed by atoms with E-state index in [-0.39, 0.29) is 5.91 Å². The molecule has 0 bridgehead atoms. The average Bonchev–Trinajstić information content (AvgIpc) is 2.60. The maximum absolute atomic E-state index is 13.4. The standard InChI is InChI=1S/C22H27NO/c1-16-11-12-19(18-9-4-3-8-17(16)18)21(24)23-15-7-14-22(2)13-6-5-10-20(22)23/h3-4,8-9,11-12,20H,5-7,10,13-15H2,1-2H3. The molecule has 2 aromatic rings. The van der Waals surface area contributed by atoms with Crippen LogP contribution in [0.1, 0.15) is 61.4 Å². The lowest BCUT2D eigenvalue weighted by Gasteiger charge is -2.51. The van der Waals surface area contributed by atoms with Crippen LogP contribution in [0.15, 0.2) is 36.4 Å². The Hall–Kier alpha value is -1.83. The van der Waals surface area contributed by atoms with Crippen molar-refractivity contribution in [3.63, 3.8) is 0 Å². The fourth-order valence-electron chi connectivity index (χ4n) is 5.05. The Morgan fingerprint density at radius 3 is 2.62 bits per heavy atom. The summed E-state index contributed by atoms with van der Waals surface area (Å²) in [6, 6.07) is 12.9. The number of fused-ring (bicyclic) bond motifs is 2. The van der Waals surface area contributed by atoms with Gasteiger partial charge in [-0.15, -0.1) is 0 Å². The van der Waals surface area contributed by atoms with Crippen LogP contribution in [0.4, 0.5) is 0 Å². The summed E-state index contributed by atoms with van der Waals surface area (Å²) in [4.78, 5) is 15.7. The van der Waals surface area contributed by atoms with E-state index >= 15 is 0 Å². The lowest BCUT2D eigenvalue weighted by atomic mass is 9.66. The van der Waals surface area contributed by atoms with Gasteiger partial charge >= 0.3 is 0 Å². The van der Waals surface area contributed by atoms with E-state index in [2.05, 4.69) is 43.0 Å². The molecule has 126 valence electrons. The number of carbonyl (C=O) groups excluding carboxylic acids is 1. The molecule has 2 unspecified atom stereocenters. The molecule has 1 aliphatic carbocycles. The zero-order valence-electron chi connectivity index (χ0n) is 14.8. The lowest BCUT2D eigenvalue weighted by Crippen LogP contribution is -2.54. The number of carbonyl (C=O) groups is 1. The summed E-state index contributed by atoms with van der Waals surface area (Å²) in [5, 5.41) is 2.30. The van der Waals surface area contributed by atoms with Gasteiger partial charge in [-0.2, -0.15) is 0 Å². The van der Waals surface area contributed by atoms with Crippen molar-refractivity contribution in [2.75, 3.05) is 6.54 Å². The second-order valence-electron chi connectivity index (χ2n) is 7.99. The highest BCUT2D eigenvalue weighted by molar-refractivity contribution is 6.08. The quantitative estimate of drug-likeness (QED) is 0.695. The van der Waals surface area contributed by atoms with Gasteiger partial charge in [0.1, 0.15) is 0 Å². The van der Waals surface area contributed by atoms with Gasteiger partial charge in [0.05, 0.1) is 0 Å². The van der Waals surface area contributed by atoms with Gasteiger partial charge in [0, 0.05) is 18.2 Å². The van der Waals surface area contributed by atoms with E-state index in [1.54, 1.807) is 0 Å². The van der Waals surface area contributed by atoms with E-state index in [0.717, 1.165) is 23.9 Å². The predicted octanol–water partition coefficient (Wildman–Crippen LogP) is 5.33. The second kappa shape index (κ2) is 5.91. The van der Waals surface area contributed by atoms with Gasteiger partial charge in [-0.1, -0.05) is 50.1 Å². The highest BCUT2D eigenvalue weighted by Gasteiger charge is 2.44. The topological polar surface area (TPSA) is 20.3 Å². The van der Waals surface area contributed by atoms with E-state index in [4.69, 9.17) is 0 Å². The van der Waals surface area contributed by atoms with Crippen molar-refractivity contribution < 1.29 is 4.79 Å². The van der Waals surface area contributed by atoms with Crippen molar-refractivity contribution >= 4 is 16.7 Å². The summed E-state index contributed by atoms with van der Waals surface area (Å²) >= 11 is 0. The number of benzene rings is 2.